The highest BCUT2D eigenvalue weighted by molar-refractivity contribution is 7.08. The van der Waals surface area contributed by atoms with Gasteiger partial charge in [0.2, 0.25) is 0 Å². The van der Waals surface area contributed by atoms with Crippen LogP contribution in [0.25, 0.3) is 5.69 Å². The first-order valence-electron chi connectivity index (χ1n) is 6.20. The molecule has 0 aliphatic carbocycles. The van der Waals surface area contributed by atoms with Crippen LogP contribution in [0.1, 0.15) is 16.1 Å². The minimum Gasteiger partial charge on any atom is -0.346 e. The Morgan fingerprint density at radius 1 is 1.29 bits per heavy atom. The van der Waals surface area contributed by atoms with E-state index in [1.807, 2.05) is 16.8 Å². The molecule has 2 heterocycles. The predicted octanol–water partition coefficient (Wildman–Crippen LogP) is 2.40. The van der Waals surface area contributed by atoms with Crippen LogP contribution in [0.2, 0.25) is 0 Å². The van der Waals surface area contributed by atoms with Crippen molar-refractivity contribution in [3.05, 3.63) is 64.4 Å². The van der Waals surface area contributed by atoms with Crippen LogP contribution in [0, 0.1) is 5.82 Å². The maximum Gasteiger partial charge on any atom is 0.251 e. The quantitative estimate of drug-likeness (QED) is 0.805. The molecule has 2 aromatic heterocycles. The van der Waals surface area contributed by atoms with E-state index >= 15 is 0 Å². The van der Waals surface area contributed by atoms with E-state index in [4.69, 9.17) is 0 Å². The zero-order chi connectivity index (χ0) is 14.7. The average molecular weight is 302 g/mol. The topological polar surface area (TPSA) is 59.8 Å². The number of carbonyl (C=O) groups is 1. The molecule has 3 rings (SSSR count). The van der Waals surface area contributed by atoms with Crippen LogP contribution in [0.15, 0.2) is 47.3 Å². The van der Waals surface area contributed by atoms with Crippen LogP contribution >= 0.6 is 11.3 Å². The van der Waals surface area contributed by atoms with E-state index in [0.717, 1.165) is 5.69 Å². The van der Waals surface area contributed by atoms with Crippen molar-refractivity contribution in [1.29, 1.82) is 0 Å². The fourth-order valence-corrected chi connectivity index (χ4v) is 2.39. The maximum absolute atomic E-state index is 12.8. The lowest BCUT2D eigenvalue weighted by Gasteiger charge is -2.02. The molecule has 0 aliphatic rings. The highest BCUT2D eigenvalue weighted by Crippen LogP contribution is 2.11. The van der Waals surface area contributed by atoms with Gasteiger partial charge in [0, 0.05) is 10.9 Å². The molecule has 1 aromatic carbocycles. The minimum atomic E-state index is -0.370. The zero-order valence-corrected chi connectivity index (χ0v) is 11.7. The molecule has 7 heteroatoms. The number of nitrogens with zero attached hydrogens (tertiary/aromatic N) is 3. The Hall–Kier alpha value is -2.54. The lowest BCUT2D eigenvalue weighted by molar-refractivity contribution is 0.0950. The summed E-state index contributed by atoms with van der Waals surface area (Å²) in [5.41, 5.74) is 1.99. The van der Waals surface area contributed by atoms with Gasteiger partial charge in [-0.15, -0.1) is 5.10 Å². The summed E-state index contributed by atoms with van der Waals surface area (Å²) in [6, 6.07) is 7.31. The van der Waals surface area contributed by atoms with Crippen LogP contribution < -0.4 is 5.32 Å². The molecule has 0 bridgehead atoms. The third-order valence-electron chi connectivity index (χ3n) is 2.85. The van der Waals surface area contributed by atoms with E-state index in [0.29, 0.717) is 11.3 Å². The molecule has 0 aliphatic heterocycles. The summed E-state index contributed by atoms with van der Waals surface area (Å²) in [6.45, 7) is 0.264. The Morgan fingerprint density at radius 3 is 2.81 bits per heavy atom. The van der Waals surface area contributed by atoms with Crippen molar-refractivity contribution in [2.24, 2.45) is 0 Å². The third-order valence-corrected chi connectivity index (χ3v) is 3.52. The average Bonchev–Trinajstić information content (AvgIpc) is 3.16. The van der Waals surface area contributed by atoms with Crippen molar-refractivity contribution < 1.29 is 9.18 Å². The lowest BCUT2D eigenvalue weighted by atomic mass is 10.2. The second kappa shape index (κ2) is 5.84. The smallest absolute Gasteiger partial charge is 0.251 e. The van der Waals surface area contributed by atoms with E-state index in [-0.39, 0.29) is 18.3 Å². The number of benzene rings is 1. The first-order valence-corrected chi connectivity index (χ1v) is 7.14. The number of hydrogen-bond donors (Lipinski definition) is 1. The van der Waals surface area contributed by atoms with Gasteiger partial charge < -0.3 is 5.32 Å². The fourth-order valence-electron chi connectivity index (χ4n) is 1.77. The van der Waals surface area contributed by atoms with Gasteiger partial charge in [-0.3, -0.25) is 4.79 Å². The van der Waals surface area contributed by atoms with Crippen molar-refractivity contribution in [2.45, 2.75) is 6.54 Å². The molecule has 106 valence electrons. The SMILES string of the molecule is O=C(NCc1cn(-c2ccsc2)nn1)c1ccc(F)cc1. The first kappa shape index (κ1) is 13.4. The van der Waals surface area contributed by atoms with E-state index in [2.05, 4.69) is 15.6 Å². The molecular weight excluding hydrogens is 291 g/mol. The summed E-state index contributed by atoms with van der Waals surface area (Å²) >= 11 is 1.57. The van der Waals surface area contributed by atoms with Gasteiger partial charge >= 0.3 is 0 Å². The number of carbonyl (C=O) groups excluding carboxylic acids is 1. The number of rotatable bonds is 4. The predicted molar refractivity (Wildman–Crippen MR) is 76.8 cm³/mol. The van der Waals surface area contributed by atoms with E-state index in [1.54, 1.807) is 22.2 Å². The Bertz CT molecular complexity index is 737. The van der Waals surface area contributed by atoms with Gasteiger partial charge in [-0.2, -0.15) is 11.3 Å². The Balaban J connectivity index is 1.62. The van der Waals surface area contributed by atoms with Gasteiger partial charge in [-0.1, -0.05) is 5.21 Å². The van der Waals surface area contributed by atoms with Crippen LogP contribution in [0.5, 0.6) is 0 Å². The Labute approximate surface area is 124 Å². The monoisotopic (exact) mass is 302 g/mol. The van der Waals surface area contributed by atoms with Gasteiger partial charge in [0.25, 0.3) is 5.91 Å². The first-order chi connectivity index (χ1) is 10.2. The number of hydrogen-bond acceptors (Lipinski definition) is 4. The molecule has 0 fully saturated rings. The number of thiophene rings is 1. The van der Waals surface area contributed by atoms with Gasteiger partial charge in [-0.25, -0.2) is 9.07 Å². The van der Waals surface area contributed by atoms with E-state index < -0.39 is 0 Å². The van der Waals surface area contributed by atoms with Crippen molar-refractivity contribution in [2.75, 3.05) is 0 Å². The van der Waals surface area contributed by atoms with Gasteiger partial charge in [0.05, 0.1) is 18.4 Å². The normalized spacial score (nSPS) is 10.5. The maximum atomic E-state index is 12.8. The molecule has 0 unspecified atom stereocenters. The van der Waals surface area contributed by atoms with Crippen LogP contribution in [-0.4, -0.2) is 20.9 Å². The molecule has 3 aromatic rings. The summed E-state index contributed by atoms with van der Waals surface area (Å²) in [5.74, 6) is -0.648. The standard InChI is InChI=1S/C14H11FN4OS/c15-11-3-1-10(2-4-11)14(20)16-7-12-8-19(18-17-12)13-5-6-21-9-13/h1-6,8-9H,7H2,(H,16,20). The lowest BCUT2D eigenvalue weighted by Crippen LogP contribution is -2.22. The Morgan fingerprint density at radius 2 is 2.10 bits per heavy atom. The second-order valence-electron chi connectivity index (χ2n) is 4.33. The highest BCUT2D eigenvalue weighted by atomic mass is 32.1. The summed E-state index contributed by atoms with van der Waals surface area (Å²) in [5, 5.41) is 14.6. The van der Waals surface area contributed by atoms with E-state index in [9.17, 15) is 9.18 Å². The minimum absolute atomic E-state index is 0.264. The van der Waals surface area contributed by atoms with Crippen molar-refractivity contribution >= 4 is 17.2 Å². The van der Waals surface area contributed by atoms with Crippen LogP contribution in [-0.2, 0) is 6.54 Å². The van der Waals surface area contributed by atoms with Crippen LogP contribution in [0.4, 0.5) is 4.39 Å². The fraction of sp³-hybridized carbons (Fsp3) is 0.0714. The number of aromatic nitrogens is 3. The van der Waals surface area contributed by atoms with E-state index in [1.165, 1.54) is 24.3 Å². The number of halogens is 1. The molecule has 5 nitrogen and oxygen atoms in total. The van der Waals surface area contributed by atoms with Gasteiger partial charge in [-0.05, 0) is 35.7 Å². The summed E-state index contributed by atoms with van der Waals surface area (Å²) < 4.78 is 14.4. The van der Waals surface area contributed by atoms with Gasteiger partial charge in [0.1, 0.15) is 11.5 Å². The molecule has 0 saturated carbocycles. The van der Waals surface area contributed by atoms with Crippen molar-refractivity contribution in [3.8, 4) is 5.69 Å². The summed E-state index contributed by atoms with van der Waals surface area (Å²) in [4.78, 5) is 11.9. The second-order valence-corrected chi connectivity index (χ2v) is 5.11. The zero-order valence-electron chi connectivity index (χ0n) is 10.9. The Kier molecular flexibility index (Phi) is 3.74. The molecule has 0 radical (unpaired) electrons. The third kappa shape index (κ3) is 3.14. The molecule has 21 heavy (non-hydrogen) atoms. The van der Waals surface area contributed by atoms with Gasteiger partial charge in [0.15, 0.2) is 0 Å². The number of nitrogens with one attached hydrogen (secondary N) is 1. The summed E-state index contributed by atoms with van der Waals surface area (Å²) in [7, 11) is 0. The van der Waals surface area contributed by atoms with Crippen LogP contribution in [0.3, 0.4) is 0 Å². The molecule has 1 amide bonds. The molecule has 0 atom stereocenters. The molecule has 0 spiro atoms. The molecular formula is C14H11FN4OS. The van der Waals surface area contributed by atoms with Crippen molar-refractivity contribution in [3.63, 3.8) is 0 Å². The number of amides is 1. The molecule has 1 N–H and O–H groups in total. The largest absolute Gasteiger partial charge is 0.346 e. The summed E-state index contributed by atoms with van der Waals surface area (Å²) in [6.07, 6.45) is 1.76. The van der Waals surface area contributed by atoms with Crippen molar-refractivity contribution in [1.82, 2.24) is 20.3 Å². The molecule has 0 saturated heterocycles. The highest BCUT2D eigenvalue weighted by Gasteiger charge is 2.07.